The molecule has 1 heterocycles. The Morgan fingerprint density at radius 2 is 1.86 bits per heavy atom. The summed E-state index contributed by atoms with van der Waals surface area (Å²) >= 11 is 0. The number of aromatic nitrogens is 2. The van der Waals surface area contributed by atoms with E-state index in [1.165, 1.54) is 0 Å². The molecule has 1 unspecified atom stereocenters. The minimum atomic E-state index is -1.51. The molecule has 0 saturated carbocycles. The fourth-order valence-electron chi connectivity index (χ4n) is 2.00. The minimum absolute atomic E-state index is 0.0363. The van der Waals surface area contributed by atoms with Gasteiger partial charge in [0.15, 0.2) is 17.5 Å². The third kappa shape index (κ3) is 3.60. The van der Waals surface area contributed by atoms with Crippen molar-refractivity contribution in [2.24, 2.45) is 0 Å². The highest BCUT2D eigenvalue weighted by atomic mass is 19.2. The van der Waals surface area contributed by atoms with Crippen LogP contribution in [0.2, 0.25) is 0 Å². The standard InChI is InChI=1S/C14H16F3N3O/c1-3-9(18-4-2)7-12-19-14(20-21-12)8-5-10(15)13(17)11(16)6-8/h5-6,9,18H,3-4,7H2,1-2H3. The van der Waals surface area contributed by atoms with Crippen LogP contribution >= 0.6 is 0 Å². The summed E-state index contributed by atoms with van der Waals surface area (Å²) in [5.41, 5.74) is 0.0397. The van der Waals surface area contributed by atoms with Crippen molar-refractivity contribution in [3.8, 4) is 11.4 Å². The first kappa shape index (κ1) is 15.5. The minimum Gasteiger partial charge on any atom is -0.339 e. The first-order valence-corrected chi connectivity index (χ1v) is 6.76. The summed E-state index contributed by atoms with van der Waals surface area (Å²) in [5.74, 6) is -3.68. The van der Waals surface area contributed by atoms with Crippen LogP contribution in [0.1, 0.15) is 26.2 Å². The molecule has 0 fully saturated rings. The summed E-state index contributed by atoms with van der Waals surface area (Å²) in [6.45, 7) is 4.83. The predicted molar refractivity (Wildman–Crippen MR) is 71.1 cm³/mol. The molecule has 2 aromatic rings. The van der Waals surface area contributed by atoms with Crippen molar-refractivity contribution in [2.75, 3.05) is 6.54 Å². The van der Waals surface area contributed by atoms with E-state index in [1.807, 2.05) is 13.8 Å². The number of rotatable bonds is 6. The smallest absolute Gasteiger partial charge is 0.228 e. The summed E-state index contributed by atoms with van der Waals surface area (Å²) in [6.07, 6.45) is 1.40. The van der Waals surface area contributed by atoms with Crippen LogP contribution in [0.4, 0.5) is 13.2 Å². The van der Waals surface area contributed by atoms with Crippen molar-refractivity contribution in [2.45, 2.75) is 32.7 Å². The van der Waals surface area contributed by atoms with Crippen LogP contribution in [0.5, 0.6) is 0 Å². The fourth-order valence-corrected chi connectivity index (χ4v) is 2.00. The monoisotopic (exact) mass is 299 g/mol. The maximum absolute atomic E-state index is 13.2. The van der Waals surface area contributed by atoms with Crippen molar-refractivity contribution in [1.82, 2.24) is 15.5 Å². The van der Waals surface area contributed by atoms with Crippen molar-refractivity contribution >= 4 is 0 Å². The lowest BCUT2D eigenvalue weighted by atomic mass is 10.1. The molecule has 1 atom stereocenters. The van der Waals surface area contributed by atoms with E-state index >= 15 is 0 Å². The second kappa shape index (κ2) is 6.71. The first-order chi connectivity index (χ1) is 10.0. The molecule has 7 heteroatoms. The number of halogens is 3. The summed E-state index contributed by atoms with van der Waals surface area (Å²) in [6, 6.07) is 1.87. The Morgan fingerprint density at radius 1 is 1.19 bits per heavy atom. The largest absolute Gasteiger partial charge is 0.339 e. The first-order valence-electron chi connectivity index (χ1n) is 6.76. The molecule has 0 spiro atoms. The maximum Gasteiger partial charge on any atom is 0.228 e. The Labute approximate surface area is 120 Å². The van der Waals surface area contributed by atoms with Gasteiger partial charge in [0.2, 0.25) is 11.7 Å². The number of hydrogen-bond donors (Lipinski definition) is 1. The fraction of sp³-hybridized carbons (Fsp3) is 0.429. The van der Waals surface area contributed by atoms with E-state index in [0.29, 0.717) is 12.3 Å². The van der Waals surface area contributed by atoms with Crippen molar-refractivity contribution in [3.05, 3.63) is 35.5 Å². The van der Waals surface area contributed by atoms with E-state index < -0.39 is 17.5 Å². The zero-order valence-corrected chi connectivity index (χ0v) is 11.8. The second-order valence-corrected chi connectivity index (χ2v) is 4.63. The molecule has 2 rings (SSSR count). The highest BCUT2D eigenvalue weighted by Gasteiger charge is 2.17. The summed E-state index contributed by atoms with van der Waals surface area (Å²) in [7, 11) is 0. The molecular formula is C14H16F3N3O. The van der Waals surface area contributed by atoms with Crippen molar-refractivity contribution in [1.29, 1.82) is 0 Å². The molecule has 4 nitrogen and oxygen atoms in total. The lowest BCUT2D eigenvalue weighted by molar-refractivity contribution is 0.355. The molecule has 0 aliphatic carbocycles. The topological polar surface area (TPSA) is 51.0 Å². The third-order valence-electron chi connectivity index (χ3n) is 3.12. The Hall–Kier alpha value is -1.89. The molecule has 0 aliphatic heterocycles. The highest BCUT2D eigenvalue weighted by Crippen LogP contribution is 2.21. The lowest BCUT2D eigenvalue weighted by Crippen LogP contribution is -2.30. The maximum atomic E-state index is 13.2. The molecule has 1 N–H and O–H groups in total. The van der Waals surface area contributed by atoms with Gasteiger partial charge in [-0.25, -0.2) is 13.2 Å². The normalized spacial score (nSPS) is 12.6. The van der Waals surface area contributed by atoms with Gasteiger partial charge in [0, 0.05) is 18.0 Å². The van der Waals surface area contributed by atoms with Gasteiger partial charge in [0.1, 0.15) is 0 Å². The Morgan fingerprint density at radius 3 is 2.43 bits per heavy atom. The molecule has 1 aromatic heterocycles. The SMILES string of the molecule is CCNC(CC)Cc1nc(-c2cc(F)c(F)c(F)c2)no1. The van der Waals surface area contributed by atoms with Gasteiger partial charge in [0.05, 0.1) is 0 Å². The van der Waals surface area contributed by atoms with Crippen LogP contribution in [0.15, 0.2) is 16.7 Å². The number of hydrogen-bond acceptors (Lipinski definition) is 4. The Kier molecular flexibility index (Phi) is 4.95. The van der Waals surface area contributed by atoms with Gasteiger partial charge in [-0.1, -0.05) is 19.0 Å². The van der Waals surface area contributed by atoms with Crippen molar-refractivity contribution < 1.29 is 17.7 Å². The lowest BCUT2D eigenvalue weighted by Gasteiger charge is -2.12. The molecule has 0 saturated heterocycles. The zero-order chi connectivity index (χ0) is 15.4. The van der Waals surface area contributed by atoms with Gasteiger partial charge in [-0.05, 0) is 25.1 Å². The van der Waals surface area contributed by atoms with Crippen LogP contribution in [0.3, 0.4) is 0 Å². The predicted octanol–water partition coefficient (Wildman–Crippen LogP) is 3.08. The Balaban J connectivity index is 2.20. The van der Waals surface area contributed by atoms with Gasteiger partial charge in [-0.3, -0.25) is 0 Å². The van der Waals surface area contributed by atoms with Crippen LogP contribution in [-0.4, -0.2) is 22.7 Å². The van der Waals surface area contributed by atoms with Gasteiger partial charge in [0.25, 0.3) is 0 Å². The highest BCUT2D eigenvalue weighted by molar-refractivity contribution is 5.54. The number of benzene rings is 1. The van der Waals surface area contributed by atoms with E-state index in [1.54, 1.807) is 0 Å². The average molecular weight is 299 g/mol. The quantitative estimate of drug-likeness (QED) is 0.833. The van der Waals surface area contributed by atoms with Crippen LogP contribution in [0.25, 0.3) is 11.4 Å². The van der Waals surface area contributed by atoms with E-state index in [2.05, 4.69) is 15.5 Å². The number of nitrogens with one attached hydrogen (secondary N) is 1. The molecular weight excluding hydrogens is 283 g/mol. The van der Waals surface area contributed by atoms with Crippen LogP contribution in [-0.2, 0) is 6.42 Å². The number of nitrogens with zero attached hydrogens (tertiary/aromatic N) is 2. The van der Waals surface area contributed by atoms with E-state index in [0.717, 1.165) is 25.1 Å². The summed E-state index contributed by atoms with van der Waals surface area (Å²) in [4.78, 5) is 4.09. The van der Waals surface area contributed by atoms with E-state index in [4.69, 9.17) is 4.52 Å². The summed E-state index contributed by atoms with van der Waals surface area (Å²) in [5, 5.41) is 6.93. The molecule has 21 heavy (non-hydrogen) atoms. The van der Waals surface area contributed by atoms with Gasteiger partial charge >= 0.3 is 0 Å². The van der Waals surface area contributed by atoms with Gasteiger partial charge in [-0.15, -0.1) is 0 Å². The van der Waals surface area contributed by atoms with E-state index in [-0.39, 0.29) is 17.4 Å². The van der Waals surface area contributed by atoms with Crippen LogP contribution in [0, 0.1) is 17.5 Å². The van der Waals surface area contributed by atoms with Gasteiger partial charge in [-0.2, -0.15) is 4.98 Å². The molecule has 0 bridgehead atoms. The van der Waals surface area contributed by atoms with Crippen LogP contribution < -0.4 is 5.32 Å². The third-order valence-corrected chi connectivity index (χ3v) is 3.12. The second-order valence-electron chi connectivity index (χ2n) is 4.63. The zero-order valence-electron chi connectivity index (χ0n) is 11.8. The molecule has 0 aliphatic rings. The Bertz CT molecular complexity index is 592. The molecule has 1 aromatic carbocycles. The van der Waals surface area contributed by atoms with Crippen molar-refractivity contribution in [3.63, 3.8) is 0 Å². The van der Waals surface area contributed by atoms with E-state index in [9.17, 15) is 13.2 Å². The molecule has 0 amide bonds. The number of likely N-dealkylation sites (N-methyl/N-ethyl adjacent to an activating group) is 1. The van der Waals surface area contributed by atoms with Gasteiger partial charge < -0.3 is 9.84 Å². The molecule has 114 valence electrons. The average Bonchev–Trinajstić information content (AvgIpc) is 2.92. The molecule has 0 radical (unpaired) electrons. The summed E-state index contributed by atoms with van der Waals surface area (Å²) < 4.78 is 44.4.